The third kappa shape index (κ3) is 3.05. The van der Waals surface area contributed by atoms with Crippen molar-refractivity contribution in [2.45, 2.75) is 38.5 Å². The topological polar surface area (TPSA) is 65.4 Å². The van der Waals surface area contributed by atoms with Gasteiger partial charge in [-0.05, 0) is 36.2 Å². The SMILES string of the molecule is COCCn1ncc(NC2(C)CCOC2C)c(Br)c1=O. The van der Waals surface area contributed by atoms with Crippen LogP contribution in [-0.2, 0) is 16.0 Å². The number of anilines is 1. The van der Waals surface area contributed by atoms with Gasteiger partial charge in [0.25, 0.3) is 5.56 Å². The Morgan fingerprint density at radius 1 is 1.70 bits per heavy atom. The summed E-state index contributed by atoms with van der Waals surface area (Å²) in [5.41, 5.74) is 0.348. The van der Waals surface area contributed by atoms with E-state index in [1.807, 2.05) is 6.92 Å². The van der Waals surface area contributed by atoms with Crippen LogP contribution in [0.5, 0.6) is 0 Å². The van der Waals surface area contributed by atoms with E-state index in [0.717, 1.165) is 13.0 Å². The van der Waals surface area contributed by atoms with Gasteiger partial charge in [-0.2, -0.15) is 5.10 Å². The quantitative estimate of drug-likeness (QED) is 0.878. The summed E-state index contributed by atoms with van der Waals surface area (Å²) in [6.07, 6.45) is 2.65. The zero-order valence-electron chi connectivity index (χ0n) is 12.0. The Morgan fingerprint density at radius 3 is 3.05 bits per heavy atom. The molecular formula is C13H20BrN3O3. The lowest BCUT2D eigenvalue weighted by Crippen LogP contribution is -2.42. The third-order valence-corrected chi connectivity index (χ3v) is 4.57. The Bertz CT molecular complexity index is 534. The van der Waals surface area contributed by atoms with Crippen LogP contribution in [0.4, 0.5) is 5.69 Å². The maximum Gasteiger partial charge on any atom is 0.283 e. The molecule has 0 saturated carbocycles. The largest absolute Gasteiger partial charge is 0.383 e. The van der Waals surface area contributed by atoms with E-state index in [0.29, 0.717) is 23.3 Å². The van der Waals surface area contributed by atoms with Gasteiger partial charge in [0.1, 0.15) is 4.47 Å². The van der Waals surface area contributed by atoms with Gasteiger partial charge in [-0.1, -0.05) is 0 Å². The molecule has 7 heteroatoms. The monoisotopic (exact) mass is 345 g/mol. The van der Waals surface area contributed by atoms with Crippen LogP contribution in [0.25, 0.3) is 0 Å². The maximum atomic E-state index is 12.2. The second kappa shape index (κ2) is 6.24. The van der Waals surface area contributed by atoms with Gasteiger partial charge >= 0.3 is 0 Å². The highest BCUT2D eigenvalue weighted by Gasteiger charge is 2.37. The first-order chi connectivity index (χ1) is 9.48. The lowest BCUT2D eigenvalue weighted by atomic mass is 9.94. The first-order valence-corrected chi connectivity index (χ1v) is 7.41. The molecule has 20 heavy (non-hydrogen) atoms. The molecule has 2 atom stereocenters. The summed E-state index contributed by atoms with van der Waals surface area (Å²) in [5, 5.41) is 7.55. The molecule has 6 nitrogen and oxygen atoms in total. The number of hydrogen-bond acceptors (Lipinski definition) is 5. The van der Waals surface area contributed by atoms with Crippen molar-refractivity contribution < 1.29 is 9.47 Å². The Balaban J connectivity index is 2.21. The molecular weight excluding hydrogens is 326 g/mol. The summed E-state index contributed by atoms with van der Waals surface area (Å²) < 4.78 is 12.4. The molecule has 0 spiro atoms. The van der Waals surface area contributed by atoms with E-state index in [1.54, 1.807) is 13.3 Å². The van der Waals surface area contributed by atoms with Crippen molar-refractivity contribution in [3.63, 3.8) is 0 Å². The van der Waals surface area contributed by atoms with E-state index in [4.69, 9.17) is 9.47 Å². The minimum Gasteiger partial charge on any atom is -0.383 e. The molecule has 0 amide bonds. The molecule has 2 heterocycles. The summed E-state index contributed by atoms with van der Waals surface area (Å²) in [6.45, 7) is 5.73. The maximum absolute atomic E-state index is 12.2. The Labute approximate surface area is 126 Å². The average molecular weight is 346 g/mol. The first-order valence-electron chi connectivity index (χ1n) is 6.62. The van der Waals surface area contributed by atoms with Gasteiger partial charge in [0.05, 0.1) is 36.7 Å². The van der Waals surface area contributed by atoms with E-state index in [1.165, 1.54) is 4.68 Å². The molecule has 2 unspecified atom stereocenters. The number of nitrogens with one attached hydrogen (secondary N) is 1. The van der Waals surface area contributed by atoms with E-state index in [2.05, 4.69) is 33.3 Å². The molecule has 1 N–H and O–H groups in total. The third-order valence-electron chi connectivity index (χ3n) is 3.80. The van der Waals surface area contributed by atoms with Gasteiger partial charge in [-0.15, -0.1) is 0 Å². The molecule has 1 aromatic rings. The van der Waals surface area contributed by atoms with Crippen molar-refractivity contribution in [1.29, 1.82) is 0 Å². The summed E-state index contributed by atoms with van der Waals surface area (Å²) in [4.78, 5) is 12.2. The Hall–Kier alpha value is -0.920. The van der Waals surface area contributed by atoms with Crippen molar-refractivity contribution >= 4 is 21.6 Å². The zero-order valence-corrected chi connectivity index (χ0v) is 13.6. The molecule has 112 valence electrons. The van der Waals surface area contributed by atoms with Crippen molar-refractivity contribution in [3.8, 4) is 0 Å². The summed E-state index contributed by atoms with van der Waals surface area (Å²) >= 11 is 3.36. The standard InChI is InChI=1S/C13H20BrN3O3/c1-9-13(2,4-6-20-9)16-10-8-15-17(5-7-19-3)12(18)11(10)14/h8-9,16H,4-7H2,1-3H3. The van der Waals surface area contributed by atoms with Crippen LogP contribution in [0, 0.1) is 0 Å². The molecule has 0 bridgehead atoms. The highest BCUT2D eigenvalue weighted by molar-refractivity contribution is 9.10. The molecule has 2 rings (SSSR count). The van der Waals surface area contributed by atoms with Crippen LogP contribution >= 0.6 is 15.9 Å². The van der Waals surface area contributed by atoms with Crippen LogP contribution in [0.3, 0.4) is 0 Å². The fraction of sp³-hybridized carbons (Fsp3) is 0.692. The van der Waals surface area contributed by atoms with E-state index in [-0.39, 0.29) is 17.2 Å². The number of nitrogens with zero attached hydrogens (tertiary/aromatic N) is 2. The minimum atomic E-state index is -0.185. The molecule has 1 fully saturated rings. The van der Waals surface area contributed by atoms with Crippen molar-refractivity contribution in [2.75, 3.05) is 25.6 Å². The molecule has 1 saturated heterocycles. The highest BCUT2D eigenvalue weighted by Crippen LogP contribution is 2.31. The van der Waals surface area contributed by atoms with Crippen LogP contribution in [0.1, 0.15) is 20.3 Å². The number of rotatable bonds is 5. The second-order valence-corrected chi connectivity index (χ2v) is 5.99. The van der Waals surface area contributed by atoms with Crippen LogP contribution in [0.15, 0.2) is 15.5 Å². The molecule has 1 aromatic heterocycles. The number of methoxy groups -OCH3 is 1. The normalized spacial score (nSPS) is 25.9. The first kappa shape index (κ1) is 15.5. The molecule has 1 aliphatic rings. The van der Waals surface area contributed by atoms with Crippen molar-refractivity contribution in [1.82, 2.24) is 9.78 Å². The van der Waals surface area contributed by atoms with E-state index in [9.17, 15) is 4.79 Å². The van der Waals surface area contributed by atoms with E-state index >= 15 is 0 Å². The summed E-state index contributed by atoms with van der Waals surface area (Å²) in [5.74, 6) is 0. The Kier molecular flexibility index (Phi) is 4.82. The fourth-order valence-corrected chi connectivity index (χ4v) is 2.60. The molecule has 0 aliphatic carbocycles. The van der Waals surface area contributed by atoms with Gasteiger partial charge in [-0.3, -0.25) is 4.79 Å². The van der Waals surface area contributed by atoms with Crippen LogP contribution in [0.2, 0.25) is 0 Å². The molecule has 0 aromatic carbocycles. The number of halogens is 1. The van der Waals surface area contributed by atoms with Crippen molar-refractivity contribution in [3.05, 3.63) is 21.0 Å². The smallest absolute Gasteiger partial charge is 0.283 e. The predicted octanol–water partition coefficient (Wildman–Crippen LogP) is 1.63. The Morgan fingerprint density at radius 2 is 2.45 bits per heavy atom. The summed E-state index contributed by atoms with van der Waals surface area (Å²) in [6, 6.07) is 0. The van der Waals surface area contributed by atoms with Crippen LogP contribution < -0.4 is 10.9 Å². The number of ether oxygens (including phenoxy) is 2. The lowest BCUT2D eigenvalue weighted by molar-refractivity contribution is 0.105. The zero-order chi connectivity index (χ0) is 14.8. The highest BCUT2D eigenvalue weighted by atomic mass is 79.9. The molecule has 0 radical (unpaired) electrons. The fourth-order valence-electron chi connectivity index (χ4n) is 2.20. The minimum absolute atomic E-state index is 0.0883. The van der Waals surface area contributed by atoms with Gasteiger partial charge in [0, 0.05) is 13.7 Å². The van der Waals surface area contributed by atoms with Gasteiger partial charge in [0.15, 0.2) is 0 Å². The lowest BCUT2D eigenvalue weighted by Gasteiger charge is -2.30. The van der Waals surface area contributed by atoms with Crippen molar-refractivity contribution in [2.24, 2.45) is 0 Å². The predicted molar refractivity (Wildman–Crippen MR) is 80.1 cm³/mol. The van der Waals surface area contributed by atoms with Gasteiger partial charge < -0.3 is 14.8 Å². The number of aromatic nitrogens is 2. The second-order valence-electron chi connectivity index (χ2n) is 5.20. The van der Waals surface area contributed by atoms with Gasteiger partial charge in [0.2, 0.25) is 0 Å². The molecule has 1 aliphatic heterocycles. The number of hydrogen-bond donors (Lipinski definition) is 1. The van der Waals surface area contributed by atoms with Crippen LogP contribution in [-0.4, -0.2) is 41.7 Å². The summed E-state index contributed by atoms with van der Waals surface area (Å²) in [7, 11) is 1.60. The van der Waals surface area contributed by atoms with Gasteiger partial charge in [-0.25, -0.2) is 4.68 Å². The van der Waals surface area contributed by atoms with E-state index < -0.39 is 0 Å². The average Bonchev–Trinajstić information content (AvgIpc) is 2.74.